The van der Waals surface area contributed by atoms with Gasteiger partial charge in [-0.3, -0.25) is 10.1 Å². The van der Waals surface area contributed by atoms with Crippen LogP contribution in [0.1, 0.15) is 51.3 Å². The van der Waals surface area contributed by atoms with Gasteiger partial charge in [-0.1, -0.05) is 44.4 Å². The summed E-state index contributed by atoms with van der Waals surface area (Å²) in [5, 5.41) is 3.32. The van der Waals surface area contributed by atoms with E-state index in [9.17, 15) is 4.79 Å². The third-order valence-corrected chi connectivity index (χ3v) is 4.15. The van der Waals surface area contributed by atoms with E-state index in [1.165, 1.54) is 19.3 Å². The van der Waals surface area contributed by atoms with Crippen LogP contribution in [0.25, 0.3) is 0 Å². The Kier molecular flexibility index (Phi) is 5.62. The summed E-state index contributed by atoms with van der Waals surface area (Å²) >= 11 is 0. The maximum absolute atomic E-state index is 12.3. The van der Waals surface area contributed by atoms with Gasteiger partial charge in [-0.05, 0) is 19.4 Å². The molecule has 1 aliphatic heterocycles. The van der Waals surface area contributed by atoms with Gasteiger partial charge in [0.2, 0.25) is 5.91 Å². The predicted octanol–water partition coefficient (Wildman–Crippen LogP) is 3.09. The number of rotatable bonds is 7. The van der Waals surface area contributed by atoms with Crippen molar-refractivity contribution in [1.29, 1.82) is 0 Å². The number of carbonyl (C=O) groups excluding carboxylic acids is 1. The molecule has 0 aromatic heterocycles. The van der Waals surface area contributed by atoms with Crippen LogP contribution in [0.3, 0.4) is 0 Å². The molecular formula is C17H26N2O2. The van der Waals surface area contributed by atoms with Gasteiger partial charge < -0.3 is 9.64 Å². The zero-order valence-corrected chi connectivity index (χ0v) is 13.3. The molecule has 1 aromatic rings. The lowest BCUT2D eigenvalue weighted by atomic mass is 10.1. The third-order valence-electron chi connectivity index (χ3n) is 4.15. The average molecular weight is 290 g/mol. The van der Waals surface area contributed by atoms with E-state index in [0.717, 1.165) is 17.7 Å². The standard InChI is InChI=1S/C17H26N2O2/c1-4-5-6-9-13(2)19-16(20)12-18-17(19)14-10-7-8-11-15(14)21-3/h7-8,10-11,13,17-18H,4-6,9,12H2,1-3H3. The van der Waals surface area contributed by atoms with Crippen LogP contribution in [0.15, 0.2) is 24.3 Å². The maximum atomic E-state index is 12.3. The van der Waals surface area contributed by atoms with Crippen molar-refractivity contribution in [2.24, 2.45) is 0 Å². The predicted molar refractivity (Wildman–Crippen MR) is 84.2 cm³/mol. The lowest BCUT2D eigenvalue weighted by molar-refractivity contribution is -0.130. The molecule has 1 aromatic carbocycles. The summed E-state index contributed by atoms with van der Waals surface area (Å²) in [5.74, 6) is 1.00. The molecule has 1 amide bonds. The van der Waals surface area contributed by atoms with Crippen LogP contribution in [0, 0.1) is 0 Å². The van der Waals surface area contributed by atoms with Gasteiger partial charge in [0.15, 0.2) is 0 Å². The molecule has 116 valence electrons. The highest BCUT2D eigenvalue weighted by atomic mass is 16.5. The van der Waals surface area contributed by atoms with Crippen LogP contribution in [-0.2, 0) is 4.79 Å². The number of amides is 1. The van der Waals surface area contributed by atoms with Gasteiger partial charge in [-0.25, -0.2) is 0 Å². The molecule has 2 atom stereocenters. The number of methoxy groups -OCH3 is 1. The van der Waals surface area contributed by atoms with Crippen LogP contribution < -0.4 is 10.1 Å². The molecule has 1 N–H and O–H groups in total. The van der Waals surface area contributed by atoms with Crippen LogP contribution in [0.5, 0.6) is 5.75 Å². The molecular weight excluding hydrogens is 264 g/mol. The van der Waals surface area contributed by atoms with Gasteiger partial charge in [-0.15, -0.1) is 0 Å². The number of hydrogen-bond acceptors (Lipinski definition) is 3. The molecule has 0 spiro atoms. The van der Waals surface area contributed by atoms with Crippen LogP contribution in [0.4, 0.5) is 0 Å². The van der Waals surface area contributed by atoms with Crippen molar-refractivity contribution >= 4 is 5.91 Å². The second-order valence-electron chi connectivity index (χ2n) is 5.67. The number of ether oxygens (including phenoxy) is 1. The molecule has 1 aliphatic rings. The molecule has 0 saturated carbocycles. The summed E-state index contributed by atoms with van der Waals surface area (Å²) in [4.78, 5) is 14.2. The summed E-state index contributed by atoms with van der Waals surface area (Å²) < 4.78 is 5.44. The number of carbonyl (C=O) groups is 1. The van der Waals surface area contributed by atoms with Crippen molar-refractivity contribution in [3.63, 3.8) is 0 Å². The fourth-order valence-corrected chi connectivity index (χ4v) is 3.00. The molecule has 0 radical (unpaired) electrons. The molecule has 0 aliphatic carbocycles. The Morgan fingerprint density at radius 3 is 2.86 bits per heavy atom. The number of unbranched alkanes of at least 4 members (excludes halogenated alkanes) is 2. The van der Waals surface area contributed by atoms with E-state index in [1.807, 2.05) is 29.2 Å². The van der Waals surface area contributed by atoms with E-state index in [-0.39, 0.29) is 18.1 Å². The van der Waals surface area contributed by atoms with Crippen molar-refractivity contribution in [3.8, 4) is 5.75 Å². The van der Waals surface area contributed by atoms with Gasteiger partial charge in [0, 0.05) is 11.6 Å². The van der Waals surface area contributed by atoms with Crippen molar-refractivity contribution < 1.29 is 9.53 Å². The first-order valence-electron chi connectivity index (χ1n) is 7.86. The van der Waals surface area contributed by atoms with Gasteiger partial charge in [-0.2, -0.15) is 0 Å². The molecule has 2 unspecified atom stereocenters. The Labute approximate surface area is 127 Å². The number of para-hydroxylation sites is 1. The maximum Gasteiger partial charge on any atom is 0.238 e. The molecule has 21 heavy (non-hydrogen) atoms. The lowest BCUT2D eigenvalue weighted by Gasteiger charge is -2.31. The Morgan fingerprint density at radius 1 is 1.38 bits per heavy atom. The van der Waals surface area contributed by atoms with Crippen molar-refractivity contribution in [2.45, 2.75) is 51.7 Å². The van der Waals surface area contributed by atoms with E-state index < -0.39 is 0 Å². The fourth-order valence-electron chi connectivity index (χ4n) is 3.00. The summed E-state index contributed by atoms with van der Waals surface area (Å²) in [7, 11) is 1.67. The second kappa shape index (κ2) is 7.46. The summed E-state index contributed by atoms with van der Waals surface area (Å²) in [6.07, 6.45) is 4.56. The highest BCUT2D eigenvalue weighted by molar-refractivity contribution is 5.81. The van der Waals surface area contributed by atoms with Crippen LogP contribution >= 0.6 is 0 Å². The minimum atomic E-state index is -0.0784. The van der Waals surface area contributed by atoms with Crippen LogP contribution in [-0.4, -0.2) is 30.5 Å². The lowest BCUT2D eigenvalue weighted by Crippen LogP contribution is -2.38. The van der Waals surface area contributed by atoms with Crippen molar-refractivity contribution in [1.82, 2.24) is 10.2 Å². The van der Waals surface area contributed by atoms with Gasteiger partial charge in [0.1, 0.15) is 11.9 Å². The largest absolute Gasteiger partial charge is 0.496 e. The number of hydrogen-bond donors (Lipinski definition) is 1. The normalized spacial score (nSPS) is 19.9. The van der Waals surface area contributed by atoms with E-state index in [0.29, 0.717) is 6.54 Å². The summed E-state index contributed by atoms with van der Waals surface area (Å²) in [6.45, 7) is 4.74. The molecule has 2 rings (SSSR count). The van der Waals surface area contributed by atoms with Gasteiger partial charge in [0.05, 0.1) is 13.7 Å². The van der Waals surface area contributed by atoms with Crippen LogP contribution in [0.2, 0.25) is 0 Å². The zero-order valence-electron chi connectivity index (χ0n) is 13.3. The molecule has 4 nitrogen and oxygen atoms in total. The molecule has 1 heterocycles. The number of nitrogens with zero attached hydrogens (tertiary/aromatic N) is 1. The Balaban J connectivity index is 2.16. The van der Waals surface area contributed by atoms with Gasteiger partial charge in [0.25, 0.3) is 0 Å². The van der Waals surface area contributed by atoms with E-state index in [2.05, 4.69) is 19.2 Å². The Morgan fingerprint density at radius 2 is 2.14 bits per heavy atom. The van der Waals surface area contributed by atoms with E-state index >= 15 is 0 Å². The minimum absolute atomic E-state index is 0.0784. The zero-order chi connectivity index (χ0) is 15.2. The average Bonchev–Trinajstić information content (AvgIpc) is 2.89. The summed E-state index contributed by atoms with van der Waals surface area (Å²) in [6, 6.07) is 8.16. The molecule has 1 saturated heterocycles. The fraction of sp³-hybridized carbons (Fsp3) is 0.588. The molecule has 1 fully saturated rings. The first-order valence-corrected chi connectivity index (χ1v) is 7.86. The quantitative estimate of drug-likeness (QED) is 0.785. The number of nitrogens with one attached hydrogen (secondary N) is 1. The van der Waals surface area contributed by atoms with E-state index in [4.69, 9.17) is 4.74 Å². The van der Waals surface area contributed by atoms with E-state index in [1.54, 1.807) is 7.11 Å². The minimum Gasteiger partial charge on any atom is -0.496 e. The SMILES string of the molecule is CCCCCC(C)N1C(=O)CNC1c1ccccc1OC. The smallest absolute Gasteiger partial charge is 0.238 e. The van der Waals surface area contributed by atoms with Crippen molar-refractivity contribution in [3.05, 3.63) is 29.8 Å². The number of benzene rings is 1. The molecule has 0 bridgehead atoms. The highest BCUT2D eigenvalue weighted by Gasteiger charge is 2.35. The Hall–Kier alpha value is -1.55. The monoisotopic (exact) mass is 290 g/mol. The molecule has 4 heteroatoms. The first kappa shape index (κ1) is 15.8. The first-order chi connectivity index (χ1) is 10.2. The third kappa shape index (κ3) is 3.56. The Bertz CT molecular complexity index is 476. The van der Waals surface area contributed by atoms with Gasteiger partial charge >= 0.3 is 0 Å². The summed E-state index contributed by atoms with van der Waals surface area (Å²) in [5.41, 5.74) is 1.04. The second-order valence-corrected chi connectivity index (χ2v) is 5.67. The topological polar surface area (TPSA) is 41.6 Å². The highest BCUT2D eigenvalue weighted by Crippen LogP contribution is 2.32. The van der Waals surface area contributed by atoms with Crippen molar-refractivity contribution in [2.75, 3.05) is 13.7 Å².